The summed E-state index contributed by atoms with van der Waals surface area (Å²) in [6.07, 6.45) is 1.12. The summed E-state index contributed by atoms with van der Waals surface area (Å²) in [6.45, 7) is -0.326. The number of methoxy groups -OCH3 is 1. The van der Waals surface area contributed by atoms with E-state index in [0.29, 0.717) is 17.1 Å². The van der Waals surface area contributed by atoms with Crippen LogP contribution in [0.25, 0.3) is 0 Å². The third kappa shape index (κ3) is 4.35. The van der Waals surface area contributed by atoms with E-state index >= 15 is 0 Å². The Kier molecular flexibility index (Phi) is 5.69. The molecule has 0 fully saturated rings. The molecule has 144 valence electrons. The molecule has 0 bridgehead atoms. The summed E-state index contributed by atoms with van der Waals surface area (Å²) >= 11 is 0. The molecule has 0 aromatic heterocycles. The molecule has 0 saturated heterocycles. The Morgan fingerprint density at radius 1 is 1.14 bits per heavy atom. The molecule has 1 aliphatic rings. The minimum atomic E-state index is -0.569. The highest BCUT2D eigenvalue weighted by Crippen LogP contribution is 2.30. The molecule has 0 unspecified atom stereocenters. The number of anilines is 3. The molecule has 1 heterocycles. The second-order valence-corrected chi connectivity index (χ2v) is 6.02. The van der Waals surface area contributed by atoms with Gasteiger partial charge in [-0.2, -0.15) is 0 Å². The quantitative estimate of drug-likeness (QED) is 0.775. The van der Waals surface area contributed by atoms with Gasteiger partial charge in [-0.15, -0.1) is 0 Å². The second-order valence-electron chi connectivity index (χ2n) is 6.02. The molecular weight excluding hydrogens is 365 g/mol. The summed E-state index contributed by atoms with van der Waals surface area (Å²) in [5.41, 5.74) is 1.40. The number of esters is 1. The Bertz CT molecular complexity index is 958. The van der Waals surface area contributed by atoms with Gasteiger partial charge in [-0.05, 0) is 24.3 Å². The van der Waals surface area contributed by atoms with Crippen LogP contribution in [0.4, 0.5) is 21.5 Å². The van der Waals surface area contributed by atoms with Gasteiger partial charge < -0.3 is 15.4 Å². The third-order valence-electron chi connectivity index (χ3n) is 4.07. The first-order valence-corrected chi connectivity index (χ1v) is 8.47. The summed E-state index contributed by atoms with van der Waals surface area (Å²) in [6, 6.07) is 12.6. The third-order valence-corrected chi connectivity index (χ3v) is 4.07. The van der Waals surface area contributed by atoms with E-state index in [9.17, 15) is 18.8 Å². The molecule has 0 atom stereocenters. The van der Waals surface area contributed by atoms with Crippen LogP contribution < -0.4 is 15.5 Å². The summed E-state index contributed by atoms with van der Waals surface area (Å²) in [5, 5.41) is 5.48. The van der Waals surface area contributed by atoms with Gasteiger partial charge in [0.25, 0.3) is 5.91 Å². The van der Waals surface area contributed by atoms with Gasteiger partial charge in [0.15, 0.2) is 0 Å². The predicted octanol–water partition coefficient (Wildman–Crippen LogP) is 2.67. The average molecular weight is 383 g/mol. The molecule has 7 nitrogen and oxygen atoms in total. The number of hydrogen-bond acceptors (Lipinski definition) is 5. The minimum absolute atomic E-state index is 0.0307. The van der Waals surface area contributed by atoms with E-state index in [1.807, 2.05) is 0 Å². The van der Waals surface area contributed by atoms with Gasteiger partial charge in [0.1, 0.15) is 12.4 Å². The lowest BCUT2D eigenvalue weighted by atomic mass is 10.2. The first kappa shape index (κ1) is 19.1. The predicted molar refractivity (Wildman–Crippen MR) is 102 cm³/mol. The van der Waals surface area contributed by atoms with Gasteiger partial charge in [0.05, 0.1) is 30.6 Å². The molecule has 1 aliphatic heterocycles. The normalized spacial score (nSPS) is 13.0. The zero-order valence-electron chi connectivity index (χ0n) is 15.1. The van der Waals surface area contributed by atoms with Crippen molar-refractivity contribution in [2.45, 2.75) is 6.42 Å². The molecule has 2 N–H and O–H groups in total. The zero-order chi connectivity index (χ0) is 20.1. The highest BCUT2D eigenvalue weighted by Gasteiger charge is 2.25. The number of rotatable bonds is 5. The second kappa shape index (κ2) is 8.34. The van der Waals surface area contributed by atoms with E-state index in [0.717, 1.165) is 0 Å². The Balaban J connectivity index is 1.85. The fraction of sp³-hybridized carbons (Fsp3) is 0.150. The van der Waals surface area contributed by atoms with Crippen molar-refractivity contribution < 1.29 is 23.5 Å². The maximum Gasteiger partial charge on any atom is 0.311 e. The van der Waals surface area contributed by atoms with E-state index in [2.05, 4.69) is 15.4 Å². The van der Waals surface area contributed by atoms with Gasteiger partial charge in [0.2, 0.25) is 5.91 Å². The van der Waals surface area contributed by atoms with E-state index in [1.54, 1.807) is 30.3 Å². The maximum absolute atomic E-state index is 13.8. The van der Waals surface area contributed by atoms with Crippen molar-refractivity contribution in [2.75, 3.05) is 29.2 Å². The van der Waals surface area contributed by atoms with Gasteiger partial charge in [-0.1, -0.05) is 24.3 Å². The largest absolute Gasteiger partial charge is 0.469 e. The number of benzene rings is 2. The number of amides is 2. The van der Waals surface area contributed by atoms with Crippen LogP contribution in [-0.4, -0.2) is 31.4 Å². The van der Waals surface area contributed by atoms with Crippen molar-refractivity contribution in [1.29, 1.82) is 0 Å². The molecule has 0 radical (unpaired) electrons. The molecule has 8 heteroatoms. The lowest BCUT2D eigenvalue weighted by Gasteiger charge is -2.21. The Morgan fingerprint density at radius 2 is 1.86 bits per heavy atom. The zero-order valence-corrected chi connectivity index (χ0v) is 15.1. The monoisotopic (exact) mass is 383 g/mol. The van der Waals surface area contributed by atoms with Gasteiger partial charge >= 0.3 is 5.97 Å². The fourth-order valence-corrected chi connectivity index (χ4v) is 2.75. The topological polar surface area (TPSA) is 87.7 Å². The molecule has 0 saturated carbocycles. The van der Waals surface area contributed by atoms with Crippen LogP contribution in [0, 0.1) is 5.82 Å². The molecule has 2 aromatic carbocycles. The van der Waals surface area contributed by atoms with Crippen molar-refractivity contribution in [3.63, 3.8) is 0 Å². The van der Waals surface area contributed by atoms with Crippen LogP contribution in [0.15, 0.2) is 60.3 Å². The summed E-state index contributed by atoms with van der Waals surface area (Å²) in [5.74, 6) is -2.12. The molecule has 0 aliphatic carbocycles. The van der Waals surface area contributed by atoms with Gasteiger partial charge in [-0.3, -0.25) is 19.3 Å². The fourth-order valence-electron chi connectivity index (χ4n) is 2.75. The number of nitrogens with one attached hydrogen (secondary N) is 2. The number of ether oxygens (including phenoxy) is 1. The van der Waals surface area contributed by atoms with Crippen molar-refractivity contribution >= 4 is 34.8 Å². The first-order valence-electron chi connectivity index (χ1n) is 8.47. The summed E-state index contributed by atoms with van der Waals surface area (Å²) in [4.78, 5) is 38.0. The molecule has 28 heavy (non-hydrogen) atoms. The summed E-state index contributed by atoms with van der Waals surface area (Å²) < 4.78 is 18.4. The average Bonchev–Trinajstić information content (AvgIpc) is 2.80. The number of carbonyl (C=O) groups excluding carboxylic acids is 3. The first-order chi connectivity index (χ1) is 13.5. The molecule has 0 spiro atoms. The standard InChI is InChI=1S/C20H18FN3O4/c1-28-20(27)11-13-10-19(26)24(17-9-5-4-8-16(17)22-13)12-18(25)23-15-7-3-2-6-14(15)21/h2-10,22H,11-12H2,1H3,(H,23,25). The van der Waals surface area contributed by atoms with E-state index < -0.39 is 23.6 Å². The van der Waals surface area contributed by atoms with Crippen LogP contribution in [0.5, 0.6) is 0 Å². The molecule has 2 amide bonds. The van der Waals surface area contributed by atoms with Gasteiger partial charge in [0, 0.05) is 11.8 Å². The van der Waals surface area contributed by atoms with Crippen molar-refractivity contribution in [3.05, 3.63) is 66.1 Å². The van der Waals surface area contributed by atoms with Crippen molar-refractivity contribution in [1.82, 2.24) is 0 Å². The van der Waals surface area contributed by atoms with Crippen LogP contribution in [0.2, 0.25) is 0 Å². The van der Waals surface area contributed by atoms with Crippen LogP contribution in [0.1, 0.15) is 6.42 Å². The van der Waals surface area contributed by atoms with E-state index in [4.69, 9.17) is 0 Å². The van der Waals surface area contributed by atoms with Gasteiger partial charge in [-0.25, -0.2) is 4.39 Å². The number of fused-ring (bicyclic) bond motifs is 1. The maximum atomic E-state index is 13.8. The smallest absolute Gasteiger partial charge is 0.311 e. The number of para-hydroxylation sites is 3. The Hall–Kier alpha value is -3.68. The highest BCUT2D eigenvalue weighted by atomic mass is 19.1. The molecule has 3 rings (SSSR count). The Morgan fingerprint density at radius 3 is 2.61 bits per heavy atom. The van der Waals surface area contributed by atoms with Crippen molar-refractivity contribution in [2.24, 2.45) is 0 Å². The number of nitrogens with zero attached hydrogens (tertiary/aromatic N) is 1. The molecule has 2 aromatic rings. The number of hydrogen-bond donors (Lipinski definition) is 2. The van der Waals surface area contributed by atoms with Crippen molar-refractivity contribution in [3.8, 4) is 0 Å². The lowest BCUT2D eigenvalue weighted by Crippen LogP contribution is -2.37. The highest BCUT2D eigenvalue weighted by molar-refractivity contribution is 6.10. The minimum Gasteiger partial charge on any atom is -0.469 e. The lowest BCUT2D eigenvalue weighted by molar-refractivity contribution is -0.139. The summed E-state index contributed by atoms with van der Waals surface area (Å²) in [7, 11) is 1.26. The van der Waals surface area contributed by atoms with E-state index in [1.165, 1.54) is 36.3 Å². The van der Waals surface area contributed by atoms with Crippen LogP contribution in [0.3, 0.4) is 0 Å². The number of halogens is 1. The van der Waals surface area contributed by atoms with E-state index in [-0.39, 0.29) is 18.7 Å². The van der Waals surface area contributed by atoms with Crippen LogP contribution in [-0.2, 0) is 19.1 Å². The van der Waals surface area contributed by atoms with Crippen LogP contribution >= 0.6 is 0 Å². The number of carbonyl (C=O) groups is 3. The molecular formula is C20H18FN3O4. The Labute approximate surface area is 160 Å². The SMILES string of the molecule is COC(=O)CC1=CC(=O)N(CC(=O)Nc2ccccc2F)c2ccccc2N1.